The van der Waals surface area contributed by atoms with Crippen molar-refractivity contribution >= 4 is 40.9 Å². The second kappa shape index (κ2) is 11.5. The number of carbonyl (C=O) groups is 4. The van der Waals surface area contributed by atoms with Crippen molar-refractivity contribution in [2.24, 2.45) is 11.8 Å². The minimum absolute atomic E-state index is 0.0798. The van der Waals surface area contributed by atoms with Crippen LogP contribution in [0.1, 0.15) is 57.9 Å². The van der Waals surface area contributed by atoms with Crippen molar-refractivity contribution in [1.29, 1.82) is 0 Å². The molecule has 1 heterocycles. The molecule has 0 radical (unpaired) electrons. The Bertz CT molecular complexity index is 1380. The number of nitrogens with zero attached hydrogens (tertiary/aromatic N) is 1. The number of anilines is 1. The Morgan fingerprint density at radius 3 is 2.18 bits per heavy atom. The highest BCUT2D eigenvalue weighted by Gasteiger charge is 2.50. The van der Waals surface area contributed by atoms with Crippen LogP contribution >= 0.6 is 11.6 Å². The van der Waals surface area contributed by atoms with Crippen LogP contribution in [0, 0.1) is 17.7 Å². The Hall–Kier alpha value is -3.84. The standard InChI is InChI=1S/C31H27ClFNO5/c32-17-16-27(28(35)20-6-11-23(33)12-7-20)39-31(38)21-8-13-24(14-9-21)34-29(36)25-15-10-22(18-26(25)30(34)37)19-4-2-1-3-5-19/h1-9,11-14,22,25-27H,10,15-18H2/t22-,25+,26+,27+/m0/s1. The Morgan fingerprint density at radius 1 is 0.872 bits per heavy atom. The first-order chi connectivity index (χ1) is 18.9. The molecular weight excluding hydrogens is 521 g/mol. The number of fused-ring (bicyclic) bond motifs is 1. The van der Waals surface area contributed by atoms with E-state index >= 15 is 0 Å². The number of hydrogen-bond acceptors (Lipinski definition) is 5. The van der Waals surface area contributed by atoms with Crippen molar-refractivity contribution in [3.63, 3.8) is 0 Å². The van der Waals surface area contributed by atoms with Gasteiger partial charge in [-0.3, -0.25) is 19.3 Å². The second-order valence-electron chi connectivity index (χ2n) is 9.94. The minimum atomic E-state index is -1.14. The third-order valence-corrected chi connectivity index (χ3v) is 7.82. The number of carbonyl (C=O) groups excluding carboxylic acids is 4. The molecule has 200 valence electrons. The third kappa shape index (κ3) is 5.50. The van der Waals surface area contributed by atoms with Crippen LogP contribution in [0.4, 0.5) is 10.1 Å². The van der Waals surface area contributed by atoms with Crippen LogP contribution in [-0.4, -0.2) is 35.6 Å². The zero-order valence-electron chi connectivity index (χ0n) is 21.1. The van der Waals surface area contributed by atoms with E-state index in [0.29, 0.717) is 18.5 Å². The molecule has 0 spiro atoms. The fraction of sp³-hybridized carbons (Fsp3) is 0.290. The van der Waals surface area contributed by atoms with E-state index in [2.05, 4.69) is 12.1 Å². The molecule has 3 aromatic carbocycles. The van der Waals surface area contributed by atoms with Crippen LogP contribution in [-0.2, 0) is 14.3 Å². The summed E-state index contributed by atoms with van der Waals surface area (Å²) in [6, 6.07) is 21.0. The number of hydrogen-bond donors (Lipinski definition) is 0. The molecule has 2 fully saturated rings. The number of benzene rings is 3. The minimum Gasteiger partial charge on any atom is -0.450 e. The number of Topliss-reactive ketones (excluding diaryl/α,β-unsaturated/α-hetero) is 1. The summed E-state index contributed by atoms with van der Waals surface area (Å²) < 4.78 is 18.7. The molecule has 6 nitrogen and oxygen atoms in total. The van der Waals surface area contributed by atoms with Crippen LogP contribution in [0.5, 0.6) is 0 Å². The molecule has 0 aromatic heterocycles. The molecular formula is C31H27ClFNO5. The summed E-state index contributed by atoms with van der Waals surface area (Å²) in [5.74, 6) is -2.52. The van der Waals surface area contributed by atoms with E-state index in [0.717, 1.165) is 18.6 Å². The molecule has 1 aliphatic heterocycles. The fourth-order valence-electron chi connectivity index (χ4n) is 5.55. The summed E-state index contributed by atoms with van der Waals surface area (Å²) in [6.07, 6.45) is 1.08. The first-order valence-electron chi connectivity index (χ1n) is 13.0. The molecule has 0 bridgehead atoms. The normalized spacial score (nSPS) is 21.4. The topological polar surface area (TPSA) is 80.8 Å². The highest BCUT2D eigenvalue weighted by atomic mass is 35.5. The Balaban J connectivity index is 1.27. The number of esters is 1. The van der Waals surface area contributed by atoms with Gasteiger partial charge in [-0.25, -0.2) is 9.18 Å². The lowest BCUT2D eigenvalue weighted by atomic mass is 9.73. The van der Waals surface area contributed by atoms with Crippen LogP contribution < -0.4 is 4.90 Å². The maximum absolute atomic E-state index is 13.3. The van der Waals surface area contributed by atoms with Gasteiger partial charge in [0.2, 0.25) is 17.6 Å². The Labute approximate surface area is 230 Å². The van der Waals surface area contributed by atoms with E-state index in [1.807, 2.05) is 18.2 Å². The van der Waals surface area contributed by atoms with Crippen molar-refractivity contribution in [2.45, 2.75) is 37.7 Å². The van der Waals surface area contributed by atoms with Crippen LogP contribution in [0.2, 0.25) is 0 Å². The Morgan fingerprint density at radius 2 is 1.51 bits per heavy atom. The number of rotatable bonds is 8. The Kier molecular flexibility index (Phi) is 7.89. The average molecular weight is 548 g/mol. The molecule has 39 heavy (non-hydrogen) atoms. The molecule has 1 saturated carbocycles. The number of halogens is 2. The maximum Gasteiger partial charge on any atom is 0.338 e. The summed E-state index contributed by atoms with van der Waals surface area (Å²) in [7, 11) is 0. The molecule has 4 atom stereocenters. The molecule has 8 heteroatoms. The number of imide groups is 1. The quantitative estimate of drug-likeness (QED) is 0.151. The van der Waals surface area contributed by atoms with Gasteiger partial charge in [-0.1, -0.05) is 30.3 Å². The average Bonchev–Trinajstić information content (AvgIpc) is 3.22. The SMILES string of the molecule is O=C(O[C@H](CCCl)C(=O)c1ccc(F)cc1)c1ccc(N2C(=O)[C@@H]3CC[C@H](c4ccccc4)C[C@H]3C2=O)cc1. The van der Waals surface area contributed by atoms with Crippen molar-refractivity contribution in [1.82, 2.24) is 0 Å². The van der Waals surface area contributed by atoms with Crippen LogP contribution in [0.25, 0.3) is 0 Å². The van der Waals surface area contributed by atoms with Gasteiger partial charge >= 0.3 is 5.97 Å². The van der Waals surface area contributed by atoms with Gasteiger partial charge in [-0.15, -0.1) is 11.6 Å². The van der Waals surface area contributed by atoms with Crippen molar-refractivity contribution in [3.05, 3.63) is 101 Å². The summed E-state index contributed by atoms with van der Waals surface area (Å²) in [5.41, 5.74) is 1.94. The zero-order valence-corrected chi connectivity index (χ0v) is 21.9. The molecule has 2 amide bonds. The predicted octanol–water partition coefficient (Wildman–Crippen LogP) is 5.94. The molecule has 3 aromatic rings. The van der Waals surface area contributed by atoms with E-state index in [1.54, 1.807) is 0 Å². The highest BCUT2D eigenvalue weighted by Crippen LogP contribution is 2.45. The number of alkyl halides is 1. The van der Waals surface area contributed by atoms with Crippen LogP contribution in [0.15, 0.2) is 78.9 Å². The summed E-state index contributed by atoms with van der Waals surface area (Å²) in [4.78, 5) is 53.4. The van der Waals surface area contributed by atoms with E-state index in [9.17, 15) is 23.6 Å². The largest absolute Gasteiger partial charge is 0.450 e. The first-order valence-corrected chi connectivity index (χ1v) is 13.5. The molecule has 2 aliphatic rings. The van der Waals surface area contributed by atoms with E-state index in [1.165, 1.54) is 46.9 Å². The number of amides is 2. The van der Waals surface area contributed by atoms with Gasteiger partial charge < -0.3 is 4.74 Å². The lowest BCUT2D eigenvalue weighted by Crippen LogP contribution is -2.31. The van der Waals surface area contributed by atoms with Crippen molar-refractivity contribution in [2.75, 3.05) is 10.8 Å². The van der Waals surface area contributed by atoms with Crippen molar-refractivity contribution in [3.8, 4) is 0 Å². The van der Waals surface area contributed by atoms with Gasteiger partial charge in [0.1, 0.15) is 5.82 Å². The lowest BCUT2D eigenvalue weighted by Gasteiger charge is -2.28. The van der Waals surface area contributed by atoms with Gasteiger partial charge in [0.15, 0.2) is 6.10 Å². The fourth-order valence-corrected chi connectivity index (χ4v) is 5.75. The molecule has 1 aliphatic carbocycles. The third-order valence-electron chi connectivity index (χ3n) is 7.60. The second-order valence-corrected chi connectivity index (χ2v) is 10.3. The molecule has 0 N–H and O–H groups in total. The molecule has 5 rings (SSSR count). The number of ether oxygens (including phenoxy) is 1. The van der Waals surface area contributed by atoms with Gasteiger partial charge in [0.25, 0.3) is 0 Å². The van der Waals surface area contributed by atoms with E-state index in [4.69, 9.17) is 16.3 Å². The zero-order chi connectivity index (χ0) is 27.5. The molecule has 0 unspecified atom stereocenters. The maximum atomic E-state index is 13.3. The van der Waals surface area contributed by atoms with Crippen molar-refractivity contribution < 1.29 is 28.3 Å². The molecule has 1 saturated heterocycles. The van der Waals surface area contributed by atoms with Gasteiger partial charge in [0.05, 0.1) is 23.1 Å². The number of ketones is 1. The van der Waals surface area contributed by atoms with E-state index in [-0.39, 0.29) is 53.0 Å². The first kappa shape index (κ1) is 26.8. The predicted molar refractivity (Wildman–Crippen MR) is 144 cm³/mol. The summed E-state index contributed by atoms with van der Waals surface area (Å²) in [5, 5.41) is 0. The van der Waals surface area contributed by atoms with Gasteiger partial charge in [0, 0.05) is 17.9 Å². The highest BCUT2D eigenvalue weighted by molar-refractivity contribution is 6.22. The van der Waals surface area contributed by atoms with E-state index < -0.39 is 23.7 Å². The smallest absolute Gasteiger partial charge is 0.338 e. The lowest BCUT2D eigenvalue weighted by molar-refractivity contribution is -0.122. The van der Waals surface area contributed by atoms with Crippen LogP contribution in [0.3, 0.4) is 0 Å². The van der Waals surface area contributed by atoms with Gasteiger partial charge in [-0.05, 0) is 79.3 Å². The monoisotopic (exact) mass is 547 g/mol. The van der Waals surface area contributed by atoms with Gasteiger partial charge in [-0.2, -0.15) is 0 Å². The summed E-state index contributed by atoms with van der Waals surface area (Å²) in [6.45, 7) is 0. The summed E-state index contributed by atoms with van der Waals surface area (Å²) >= 11 is 5.83.